The van der Waals surface area contributed by atoms with Crippen LogP contribution >= 0.6 is 0 Å². The molecule has 1 aliphatic rings. The van der Waals surface area contributed by atoms with E-state index in [1.54, 1.807) is 55.6 Å². The van der Waals surface area contributed by atoms with Crippen LogP contribution in [0.15, 0.2) is 72.9 Å². The van der Waals surface area contributed by atoms with E-state index in [1.165, 1.54) is 36.3 Å². The van der Waals surface area contributed by atoms with Crippen molar-refractivity contribution in [2.24, 2.45) is 0 Å². The summed E-state index contributed by atoms with van der Waals surface area (Å²) in [6.45, 7) is 1.19. The number of hydrogen-bond acceptors (Lipinski definition) is 5. The number of carbonyl (C=O) groups is 3. The molecule has 1 aromatic heterocycles. The third-order valence-electron chi connectivity index (χ3n) is 5.72. The Morgan fingerprint density at radius 1 is 1.09 bits per heavy atom. The Hall–Kier alpha value is -4.27. The number of rotatable bonds is 7. The zero-order valence-corrected chi connectivity index (χ0v) is 18.7. The largest absolute Gasteiger partial charge is 0.497 e. The van der Waals surface area contributed by atoms with Gasteiger partial charge in [-0.3, -0.25) is 19.5 Å². The number of nitrogens with zero attached hydrogens (tertiary/aromatic N) is 3. The van der Waals surface area contributed by atoms with E-state index in [9.17, 15) is 18.8 Å². The fourth-order valence-corrected chi connectivity index (χ4v) is 3.78. The normalized spacial score (nSPS) is 17.4. The third kappa shape index (κ3) is 4.45. The SMILES string of the molecule is COc1ccc(C2(C)NC(=O)N(CC(=O)N(Cc3ccccn3)c3ccc(F)cc3)C2=O)cc1. The van der Waals surface area contributed by atoms with Crippen molar-refractivity contribution in [2.45, 2.75) is 19.0 Å². The van der Waals surface area contributed by atoms with E-state index >= 15 is 0 Å². The van der Waals surface area contributed by atoms with Gasteiger partial charge in [-0.15, -0.1) is 0 Å². The molecule has 0 aliphatic carbocycles. The van der Waals surface area contributed by atoms with Gasteiger partial charge in [0.25, 0.3) is 5.91 Å². The second kappa shape index (κ2) is 9.30. The molecule has 2 aromatic carbocycles. The van der Waals surface area contributed by atoms with Gasteiger partial charge >= 0.3 is 6.03 Å². The number of aromatic nitrogens is 1. The highest BCUT2D eigenvalue weighted by Gasteiger charge is 2.49. The fourth-order valence-electron chi connectivity index (χ4n) is 3.78. The van der Waals surface area contributed by atoms with E-state index in [-0.39, 0.29) is 6.54 Å². The van der Waals surface area contributed by atoms with Gasteiger partial charge in [0.05, 0.1) is 19.3 Å². The van der Waals surface area contributed by atoms with Crippen LogP contribution in [-0.2, 0) is 21.7 Å². The summed E-state index contributed by atoms with van der Waals surface area (Å²) < 4.78 is 18.6. The Kier molecular flexibility index (Phi) is 6.27. The van der Waals surface area contributed by atoms with Gasteiger partial charge in [0.1, 0.15) is 23.7 Å². The van der Waals surface area contributed by atoms with Crippen LogP contribution in [0.1, 0.15) is 18.2 Å². The molecular formula is C25H23FN4O4. The number of nitrogens with one attached hydrogen (secondary N) is 1. The highest BCUT2D eigenvalue weighted by Crippen LogP contribution is 2.30. The molecule has 1 atom stereocenters. The first-order valence-corrected chi connectivity index (χ1v) is 10.6. The molecule has 4 amide bonds. The summed E-state index contributed by atoms with van der Waals surface area (Å²) in [5, 5.41) is 2.69. The molecule has 0 saturated carbocycles. The van der Waals surface area contributed by atoms with E-state index < -0.39 is 35.7 Å². The monoisotopic (exact) mass is 462 g/mol. The second-order valence-electron chi connectivity index (χ2n) is 7.95. The maximum Gasteiger partial charge on any atom is 0.325 e. The molecule has 174 valence electrons. The number of benzene rings is 2. The van der Waals surface area contributed by atoms with Crippen molar-refractivity contribution in [1.29, 1.82) is 0 Å². The van der Waals surface area contributed by atoms with Gasteiger partial charge < -0.3 is 15.0 Å². The lowest BCUT2D eigenvalue weighted by Crippen LogP contribution is -2.44. The average molecular weight is 462 g/mol. The quantitative estimate of drug-likeness (QED) is 0.545. The smallest absolute Gasteiger partial charge is 0.325 e. The average Bonchev–Trinajstić information content (AvgIpc) is 3.07. The number of halogens is 1. The van der Waals surface area contributed by atoms with Crippen molar-refractivity contribution >= 4 is 23.5 Å². The minimum absolute atomic E-state index is 0.0880. The van der Waals surface area contributed by atoms with E-state index in [0.29, 0.717) is 22.7 Å². The topological polar surface area (TPSA) is 91.8 Å². The molecule has 0 radical (unpaired) electrons. The van der Waals surface area contributed by atoms with Gasteiger partial charge in [-0.1, -0.05) is 18.2 Å². The first kappa shape index (κ1) is 22.9. The van der Waals surface area contributed by atoms with Crippen LogP contribution in [0.3, 0.4) is 0 Å². The molecule has 9 heteroatoms. The maximum atomic E-state index is 13.5. The standard InChI is InChI=1S/C25H23FN4O4/c1-25(17-6-12-21(34-2)13-7-17)23(32)30(24(33)28-25)16-22(31)29(15-19-5-3-4-14-27-19)20-10-8-18(26)9-11-20/h3-14H,15-16H2,1-2H3,(H,28,33). The Morgan fingerprint density at radius 2 is 1.79 bits per heavy atom. The zero-order chi connectivity index (χ0) is 24.3. The summed E-state index contributed by atoms with van der Waals surface area (Å²) in [7, 11) is 1.53. The molecule has 0 bridgehead atoms. The predicted octanol–water partition coefficient (Wildman–Crippen LogP) is 3.23. The first-order chi connectivity index (χ1) is 16.3. The Bertz CT molecular complexity index is 1200. The molecule has 0 spiro atoms. The highest BCUT2D eigenvalue weighted by atomic mass is 19.1. The first-order valence-electron chi connectivity index (χ1n) is 10.6. The molecule has 1 saturated heterocycles. The minimum atomic E-state index is -1.33. The van der Waals surface area contributed by atoms with Crippen molar-refractivity contribution in [3.63, 3.8) is 0 Å². The van der Waals surface area contributed by atoms with Gasteiger partial charge in [0, 0.05) is 11.9 Å². The molecule has 1 unspecified atom stereocenters. The van der Waals surface area contributed by atoms with Crippen molar-refractivity contribution in [3.8, 4) is 5.75 Å². The number of carbonyl (C=O) groups excluding carboxylic acids is 3. The van der Waals surface area contributed by atoms with Crippen molar-refractivity contribution in [2.75, 3.05) is 18.6 Å². The van der Waals surface area contributed by atoms with Crippen LogP contribution in [0.5, 0.6) is 5.75 Å². The summed E-state index contributed by atoms with van der Waals surface area (Å²) in [4.78, 5) is 45.8. The minimum Gasteiger partial charge on any atom is -0.497 e. The van der Waals surface area contributed by atoms with Crippen LogP contribution in [0.4, 0.5) is 14.9 Å². The molecule has 3 aromatic rings. The predicted molar refractivity (Wildman–Crippen MR) is 122 cm³/mol. The number of ether oxygens (including phenoxy) is 1. The molecule has 2 heterocycles. The van der Waals surface area contributed by atoms with Crippen LogP contribution in [0.2, 0.25) is 0 Å². The van der Waals surface area contributed by atoms with Gasteiger partial charge in [0.2, 0.25) is 5.91 Å². The van der Waals surface area contributed by atoms with Gasteiger partial charge in [-0.25, -0.2) is 9.18 Å². The van der Waals surface area contributed by atoms with Crippen LogP contribution in [0, 0.1) is 5.82 Å². The summed E-state index contributed by atoms with van der Waals surface area (Å²) in [5.74, 6) is -0.897. The van der Waals surface area contributed by atoms with Gasteiger partial charge in [-0.2, -0.15) is 0 Å². The molecule has 34 heavy (non-hydrogen) atoms. The van der Waals surface area contributed by atoms with Gasteiger partial charge in [-0.05, 0) is 61.0 Å². The number of pyridine rings is 1. The fraction of sp³-hybridized carbons (Fsp3) is 0.200. The zero-order valence-electron chi connectivity index (χ0n) is 18.7. The number of imide groups is 1. The lowest BCUT2D eigenvalue weighted by Gasteiger charge is -2.25. The second-order valence-corrected chi connectivity index (χ2v) is 7.95. The van der Waals surface area contributed by atoms with Crippen LogP contribution in [-0.4, -0.2) is 41.4 Å². The summed E-state index contributed by atoms with van der Waals surface area (Å²) in [5.41, 5.74) is 0.249. The number of urea groups is 1. The summed E-state index contributed by atoms with van der Waals surface area (Å²) in [6, 6.07) is 16.8. The van der Waals surface area contributed by atoms with E-state index in [0.717, 1.165) is 4.90 Å². The van der Waals surface area contributed by atoms with E-state index in [2.05, 4.69) is 10.3 Å². The molecule has 1 fully saturated rings. The van der Waals surface area contributed by atoms with Crippen molar-refractivity contribution < 1.29 is 23.5 Å². The molecule has 1 aliphatic heterocycles. The Balaban J connectivity index is 1.58. The summed E-state index contributed by atoms with van der Waals surface area (Å²) in [6.07, 6.45) is 1.60. The number of methoxy groups -OCH3 is 1. The van der Waals surface area contributed by atoms with Crippen LogP contribution in [0.25, 0.3) is 0 Å². The lowest BCUT2D eigenvalue weighted by molar-refractivity contribution is -0.134. The highest BCUT2D eigenvalue weighted by molar-refractivity contribution is 6.10. The number of hydrogen-bond donors (Lipinski definition) is 1. The summed E-state index contributed by atoms with van der Waals surface area (Å²) >= 11 is 0. The number of amides is 4. The third-order valence-corrected chi connectivity index (χ3v) is 5.72. The lowest BCUT2D eigenvalue weighted by atomic mass is 9.92. The Morgan fingerprint density at radius 3 is 2.41 bits per heavy atom. The van der Waals surface area contributed by atoms with Gasteiger partial charge in [0.15, 0.2) is 0 Å². The van der Waals surface area contributed by atoms with Crippen LogP contribution < -0.4 is 15.0 Å². The van der Waals surface area contributed by atoms with E-state index in [4.69, 9.17) is 4.74 Å². The molecule has 1 N–H and O–H groups in total. The number of anilines is 1. The molecular weight excluding hydrogens is 439 g/mol. The molecule has 4 rings (SSSR count). The van der Waals surface area contributed by atoms with Crippen molar-refractivity contribution in [3.05, 3.63) is 90.0 Å². The van der Waals surface area contributed by atoms with Crippen molar-refractivity contribution in [1.82, 2.24) is 15.2 Å². The van der Waals surface area contributed by atoms with E-state index in [1.807, 2.05) is 0 Å². The Labute approximate surface area is 196 Å². The maximum absolute atomic E-state index is 13.5. The molecule has 8 nitrogen and oxygen atoms in total.